The SMILES string of the molecule is CCN1C(=O)N(Cc2ccccc2)C2(CCN(C(=O)Cc3cccs3)CC2)C1=O. The Morgan fingerprint density at radius 1 is 1.07 bits per heavy atom. The van der Waals surface area contributed by atoms with Gasteiger partial charge in [-0.1, -0.05) is 36.4 Å². The number of piperidine rings is 1. The van der Waals surface area contributed by atoms with Crippen molar-refractivity contribution in [2.24, 2.45) is 0 Å². The maximum Gasteiger partial charge on any atom is 0.327 e. The standard InChI is InChI=1S/C22H25N3O3S/c1-2-24-20(27)22(25(21(24)28)16-17-7-4-3-5-8-17)10-12-23(13-11-22)19(26)15-18-9-6-14-29-18/h3-9,14H,2,10-13,15-16H2,1H3. The fraction of sp³-hybridized carbons (Fsp3) is 0.409. The second kappa shape index (κ2) is 7.99. The zero-order valence-corrected chi connectivity index (χ0v) is 17.4. The number of urea groups is 1. The molecule has 0 N–H and O–H groups in total. The number of nitrogens with zero attached hydrogens (tertiary/aromatic N) is 3. The number of imide groups is 1. The largest absolute Gasteiger partial charge is 0.342 e. The molecule has 3 heterocycles. The third-order valence-corrected chi connectivity index (χ3v) is 6.85. The summed E-state index contributed by atoms with van der Waals surface area (Å²) in [6, 6.07) is 13.4. The summed E-state index contributed by atoms with van der Waals surface area (Å²) < 4.78 is 0. The van der Waals surface area contributed by atoms with Gasteiger partial charge in [0.2, 0.25) is 5.91 Å². The first-order chi connectivity index (χ1) is 14.0. The van der Waals surface area contributed by atoms with Crippen LogP contribution in [0.15, 0.2) is 47.8 Å². The predicted octanol–water partition coefficient (Wildman–Crippen LogP) is 3.14. The summed E-state index contributed by atoms with van der Waals surface area (Å²) in [7, 11) is 0. The minimum absolute atomic E-state index is 0.0843. The van der Waals surface area contributed by atoms with E-state index in [4.69, 9.17) is 0 Å². The molecule has 0 saturated carbocycles. The lowest BCUT2D eigenvalue weighted by Crippen LogP contribution is -2.57. The Labute approximate surface area is 174 Å². The first-order valence-electron chi connectivity index (χ1n) is 10.0. The minimum Gasteiger partial charge on any atom is -0.342 e. The molecular formula is C22H25N3O3S. The van der Waals surface area contributed by atoms with E-state index in [-0.39, 0.29) is 17.8 Å². The number of benzene rings is 1. The molecule has 2 fully saturated rings. The lowest BCUT2D eigenvalue weighted by molar-refractivity contribution is -0.140. The van der Waals surface area contributed by atoms with Gasteiger partial charge in [0.05, 0.1) is 6.42 Å². The first kappa shape index (κ1) is 19.6. The topological polar surface area (TPSA) is 60.9 Å². The highest BCUT2D eigenvalue weighted by Gasteiger charge is 2.57. The van der Waals surface area contributed by atoms with Crippen molar-refractivity contribution >= 4 is 29.2 Å². The number of carbonyl (C=O) groups is 3. The maximum absolute atomic E-state index is 13.2. The molecule has 0 unspecified atom stereocenters. The Bertz CT molecular complexity index is 889. The van der Waals surface area contributed by atoms with Crippen LogP contribution in [0.25, 0.3) is 0 Å². The summed E-state index contributed by atoms with van der Waals surface area (Å²) in [4.78, 5) is 44.8. The second-order valence-electron chi connectivity index (χ2n) is 7.57. The predicted molar refractivity (Wildman–Crippen MR) is 111 cm³/mol. The molecule has 4 amide bonds. The van der Waals surface area contributed by atoms with Crippen molar-refractivity contribution < 1.29 is 14.4 Å². The smallest absolute Gasteiger partial charge is 0.327 e. The van der Waals surface area contributed by atoms with Gasteiger partial charge in [0.25, 0.3) is 5.91 Å². The summed E-state index contributed by atoms with van der Waals surface area (Å²) in [5.41, 5.74) is 0.157. The van der Waals surface area contributed by atoms with E-state index in [0.29, 0.717) is 45.4 Å². The van der Waals surface area contributed by atoms with E-state index in [1.54, 1.807) is 16.2 Å². The van der Waals surface area contributed by atoms with Crippen molar-refractivity contribution in [1.29, 1.82) is 0 Å². The van der Waals surface area contributed by atoms with E-state index in [1.165, 1.54) is 4.90 Å². The number of likely N-dealkylation sites (tertiary alicyclic amines) is 1. The van der Waals surface area contributed by atoms with E-state index in [1.807, 2.05) is 59.7 Å². The van der Waals surface area contributed by atoms with E-state index in [0.717, 1.165) is 10.4 Å². The molecule has 0 aliphatic carbocycles. The van der Waals surface area contributed by atoms with Crippen molar-refractivity contribution in [3.8, 4) is 0 Å². The van der Waals surface area contributed by atoms with Gasteiger partial charge in [-0.2, -0.15) is 0 Å². The number of carbonyl (C=O) groups excluding carboxylic acids is 3. The molecule has 2 aromatic rings. The van der Waals surface area contributed by atoms with E-state index in [2.05, 4.69) is 0 Å². The average Bonchev–Trinajstić information content (AvgIpc) is 3.31. The molecule has 1 aromatic heterocycles. The van der Waals surface area contributed by atoms with Crippen LogP contribution in [0.1, 0.15) is 30.2 Å². The molecule has 7 heteroatoms. The van der Waals surface area contributed by atoms with Crippen LogP contribution in [0.3, 0.4) is 0 Å². The van der Waals surface area contributed by atoms with Crippen molar-refractivity contribution in [2.75, 3.05) is 19.6 Å². The molecule has 0 atom stereocenters. The van der Waals surface area contributed by atoms with Crippen LogP contribution in [0.2, 0.25) is 0 Å². The van der Waals surface area contributed by atoms with Crippen LogP contribution in [-0.2, 0) is 22.6 Å². The third-order valence-electron chi connectivity index (χ3n) is 5.97. The van der Waals surface area contributed by atoms with Gasteiger partial charge in [-0.05, 0) is 36.8 Å². The summed E-state index contributed by atoms with van der Waals surface area (Å²) in [6.45, 7) is 3.59. The summed E-state index contributed by atoms with van der Waals surface area (Å²) in [5.74, 6) is -0.0349. The zero-order chi connectivity index (χ0) is 20.4. The molecule has 6 nitrogen and oxygen atoms in total. The highest BCUT2D eigenvalue weighted by molar-refractivity contribution is 7.10. The maximum atomic E-state index is 13.2. The Kier molecular flexibility index (Phi) is 5.41. The fourth-order valence-corrected chi connectivity index (χ4v) is 5.03. The van der Waals surface area contributed by atoms with Gasteiger partial charge in [0.15, 0.2) is 0 Å². The van der Waals surface area contributed by atoms with Gasteiger partial charge in [-0.3, -0.25) is 14.5 Å². The monoisotopic (exact) mass is 411 g/mol. The number of hydrogen-bond donors (Lipinski definition) is 0. The molecule has 1 spiro atoms. The lowest BCUT2D eigenvalue weighted by Gasteiger charge is -2.42. The molecule has 2 aliphatic rings. The number of hydrogen-bond acceptors (Lipinski definition) is 4. The van der Waals surface area contributed by atoms with Crippen molar-refractivity contribution in [3.05, 3.63) is 58.3 Å². The molecule has 0 radical (unpaired) electrons. The normalized spacial score (nSPS) is 18.7. The van der Waals surface area contributed by atoms with Crippen molar-refractivity contribution in [2.45, 2.75) is 38.3 Å². The highest BCUT2D eigenvalue weighted by atomic mass is 32.1. The first-order valence-corrected chi connectivity index (χ1v) is 10.9. The third kappa shape index (κ3) is 3.55. The highest BCUT2D eigenvalue weighted by Crippen LogP contribution is 2.38. The molecule has 1 aromatic carbocycles. The summed E-state index contributed by atoms with van der Waals surface area (Å²) in [5, 5.41) is 1.97. The van der Waals surface area contributed by atoms with Crippen LogP contribution < -0.4 is 0 Å². The molecule has 152 valence electrons. The molecule has 2 aliphatic heterocycles. The van der Waals surface area contributed by atoms with Crippen LogP contribution in [0.4, 0.5) is 4.79 Å². The zero-order valence-electron chi connectivity index (χ0n) is 16.5. The van der Waals surface area contributed by atoms with Gasteiger partial charge in [-0.25, -0.2) is 4.79 Å². The van der Waals surface area contributed by atoms with Gasteiger partial charge >= 0.3 is 6.03 Å². The van der Waals surface area contributed by atoms with Gasteiger partial charge in [0, 0.05) is 31.1 Å². The van der Waals surface area contributed by atoms with Gasteiger partial charge in [-0.15, -0.1) is 11.3 Å². The summed E-state index contributed by atoms with van der Waals surface area (Å²) >= 11 is 1.58. The number of amides is 4. The molecule has 4 rings (SSSR count). The second-order valence-corrected chi connectivity index (χ2v) is 8.60. The van der Waals surface area contributed by atoms with E-state index >= 15 is 0 Å². The number of thiophene rings is 1. The van der Waals surface area contributed by atoms with Crippen LogP contribution in [0.5, 0.6) is 0 Å². The minimum atomic E-state index is -0.845. The van der Waals surface area contributed by atoms with Crippen LogP contribution in [-0.4, -0.2) is 57.7 Å². The Balaban J connectivity index is 1.52. The summed E-state index contributed by atoms with van der Waals surface area (Å²) in [6.07, 6.45) is 1.36. The number of likely N-dealkylation sites (N-methyl/N-ethyl adjacent to an activating group) is 1. The molecule has 0 bridgehead atoms. The molecule has 2 saturated heterocycles. The van der Waals surface area contributed by atoms with Gasteiger partial charge in [0.1, 0.15) is 5.54 Å². The van der Waals surface area contributed by atoms with E-state index in [9.17, 15) is 14.4 Å². The Morgan fingerprint density at radius 3 is 2.41 bits per heavy atom. The van der Waals surface area contributed by atoms with Crippen LogP contribution >= 0.6 is 11.3 Å². The van der Waals surface area contributed by atoms with Crippen molar-refractivity contribution in [1.82, 2.24) is 14.7 Å². The molecule has 29 heavy (non-hydrogen) atoms. The number of rotatable bonds is 5. The van der Waals surface area contributed by atoms with E-state index < -0.39 is 5.54 Å². The van der Waals surface area contributed by atoms with Crippen molar-refractivity contribution in [3.63, 3.8) is 0 Å². The fourth-order valence-electron chi connectivity index (χ4n) is 4.33. The van der Waals surface area contributed by atoms with Crippen LogP contribution in [0, 0.1) is 0 Å². The lowest BCUT2D eigenvalue weighted by atomic mass is 9.85. The Hall–Kier alpha value is -2.67. The average molecular weight is 412 g/mol. The quantitative estimate of drug-likeness (QED) is 0.710. The molecular weight excluding hydrogens is 386 g/mol. The Morgan fingerprint density at radius 2 is 1.79 bits per heavy atom. The van der Waals surface area contributed by atoms with Gasteiger partial charge < -0.3 is 9.80 Å².